The van der Waals surface area contributed by atoms with E-state index in [9.17, 15) is 0 Å². The quantitative estimate of drug-likeness (QED) is 0.164. The van der Waals surface area contributed by atoms with Crippen LogP contribution in [0.25, 0.3) is 0 Å². The van der Waals surface area contributed by atoms with Gasteiger partial charge in [0.05, 0.1) is 31.1 Å². The molecular formula is C25H28Br4O2. The Kier molecular flexibility index (Phi) is 10.9. The molecule has 0 saturated carbocycles. The highest BCUT2D eigenvalue weighted by molar-refractivity contribution is 9.11. The van der Waals surface area contributed by atoms with E-state index in [0.717, 1.165) is 55.1 Å². The summed E-state index contributed by atoms with van der Waals surface area (Å²) in [5, 5.41) is 0. The van der Waals surface area contributed by atoms with E-state index in [1.165, 1.54) is 11.1 Å². The molecule has 0 heterocycles. The minimum Gasteiger partial charge on any atom is -0.491 e. The second-order valence-corrected chi connectivity index (χ2v) is 11.1. The van der Waals surface area contributed by atoms with Crippen LogP contribution in [0.1, 0.15) is 50.7 Å². The molecule has 0 amide bonds. The van der Waals surface area contributed by atoms with Crippen molar-refractivity contribution in [3.63, 3.8) is 0 Å². The van der Waals surface area contributed by atoms with E-state index >= 15 is 0 Å². The third-order valence-corrected chi connectivity index (χ3v) is 7.39. The van der Waals surface area contributed by atoms with Gasteiger partial charge in [0.2, 0.25) is 0 Å². The molecule has 0 bridgehead atoms. The third-order valence-electron chi connectivity index (χ3n) is 5.04. The van der Waals surface area contributed by atoms with Crippen LogP contribution in [0.5, 0.6) is 11.5 Å². The van der Waals surface area contributed by atoms with Crippen molar-refractivity contribution in [3.05, 3.63) is 78.6 Å². The van der Waals surface area contributed by atoms with Gasteiger partial charge in [0.15, 0.2) is 0 Å². The summed E-state index contributed by atoms with van der Waals surface area (Å²) >= 11 is 14.8. The molecule has 0 spiro atoms. The largest absolute Gasteiger partial charge is 0.491 e. The molecule has 0 aliphatic carbocycles. The zero-order valence-electron chi connectivity index (χ0n) is 17.9. The Bertz CT molecular complexity index is 802. The van der Waals surface area contributed by atoms with Gasteiger partial charge in [0, 0.05) is 5.41 Å². The lowest BCUT2D eigenvalue weighted by Crippen LogP contribution is -2.19. The van der Waals surface area contributed by atoms with E-state index in [4.69, 9.17) is 9.47 Å². The average Bonchev–Trinajstić information content (AvgIpc) is 2.71. The van der Waals surface area contributed by atoms with Gasteiger partial charge in [-0.3, -0.25) is 0 Å². The van der Waals surface area contributed by atoms with E-state index in [1.54, 1.807) is 0 Å². The van der Waals surface area contributed by atoms with Crippen LogP contribution in [0.15, 0.2) is 67.5 Å². The molecule has 2 aromatic rings. The molecule has 168 valence electrons. The average molecular weight is 680 g/mol. The minimum atomic E-state index is -0.237. The van der Waals surface area contributed by atoms with Crippen LogP contribution in [-0.4, -0.2) is 13.2 Å². The van der Waals surface area contributed by atoms with Crippen molar-refractivity contribution in [3.8, 4) is 11.5 Å². The number of rotatable bonds is 12. The Balaban J connectivity index is 2.28. The molecule has 0 N–H and O–H groups in total. The number of unbranched alkanes of at least 4 members (excludes halogenated alkanes) is 2. The van der Waals surface area contributed by atoms with Crippen molar-refractivity contribution in [1.29, 1.82) is 0 Å². The smallest absolute Gasteiger partial charge is 0.147 e. The molecule has 31 heavy (non-hydrogen) atoms. The highest BCUT2D eigenvalue weighted by Crippen LogP contribution is 2.44. The Morgan fingerprint density at radius 1 is 0.710 bits per heavy atom. The van der Waals surface area contributed by atoms with Crippen LogP contribution in [0.2, 0.25) is 0 Å². The van der Waals surface area contributed by atoms with Crippen LogP contribution >= 0.6 is 63.7 Å². The summed E-state index contributed by atoms with van der Waals surface area (Å²) in [5.41, 5.74) is 2.10. The molecule has 0 aromatic heterocycles. The number of benzene rings is 2. The van der Waals surface area contributed by atoms with E-state index < -0.39 is 0 Å². The molecule has 0 atom stereocenters. The van der Waals surface area contributed by atoms with Gasteiger partial charge in [-0.1, -0.05) is 26.0 Å². The van der Waals surface area contributed by atoms with Crippen molar-refractivity contribution in [1.82, 2.24) is 0 Å². The van der Waals surface area contributed by atoms with Crippen molar-refractivity contribution in [2.24, 2.45) is 0 Å². The maximum absolute atomic E-state index is 5.97. The van der Waals surface area contributed by atoms with Crippen LogP contribution in [0.4, 0.5) is 0 Å². The molecule has 2 nitrogen and oxygen atoms in total. The van der Waals surface area contributed by atoms with Gasteiger partial charge in [-0.25, -0.2) is 0 Å². The Morgan fingerprint density at radius 2 is 1.03 bits per heavy atom. The first-order chi connectivity index (χ1) is 14.7. The van der Waals surface area contributed by atoms with Crippen molar-refractivity contribution < 1.29 is 9.47 Å². The van der Waals surface area contributed by atoms with Gasteiger partial charge in [-0.15, -0.1) is 13.2 Å². The van der Waals surface area contributed by atoms with E-state index in [0.29, 0.717) is 13.2 Å². The molecule has 0 aliphatic heterocycles. The number of ether oxygens (including phenoxy) is 2. The molecule has 6 heteroatoms. The summed E-state index contributed by atoms with van der Waals surface area (Å²) in [5.74, 6) is 1.66. The second-order valence-electron chi connectivity index (χ2n) is 7.72. The zero-order valence-corrected chi connectivity index (χ0v) is 24.3. The fraction of sp³-hybridized carbons (Fsp3) is 0.360. The lowest BCUT2D eigenvalue weighted by atomic mass is 9.78. The highest BCUT2D eigenvalue weighted by atomic mass is 79.9. The summed E-state index contributed by atoms with van der Waals surface area (Å²) in [6, 6.07) is 8.54. The monoisotopic (exact) mass is 676 g/mol. The molecule has 0 saturated heterocycles. The van der Waals surface area contributed by atoms with E-state index in [-0.39, 0.29) is 5.41 Å². The van der Waals surface area contributed by atoms with Crippen molar-refractivity contribution in [2.45, 2.75) is 44.9 Å². The van der Waals surface area contributed by atoms with Crippen LogP contribution in [0.3, 0.4) is 0 Å². The third kappa shape index (κ3) is 7.21. The lowest BCUT2D eigenvalue weighted by molar-refractivity contribution is 0.308. The molecule has 2 aromatic carbocycles. The maximum Gasteiger partial charge on any atom is 0.147 e. The van der Waals surface area contributed by atoms with Gasteiger partial charge < -0.3 is 9.47 Å². The molecule has 0 aliphatic rings. The van der Waals surface area contributed by atoms with E-state index in [1.807, 2.05) is 12.2 Å². The van der Waals surface area contributed by atoms with Gasteiger partial charge in [-0.05, 0) is 125 Å². The number of hydrogen-bond donors (Lipinski definition) is 0. The summed E-state index contributed by atoms with van der Waals surface area (Å²) < 4.78 is 15.7. The van der Waals surface area contributed by atoms with E-state index in [2.05, 4.69) is 115 Å². The fourth-order valence-electron chi connectivity index (χ4n) is 3.09. The van der Waals surface area contributed by atoms with Gasteiger partial charge >= 0.3 is 0 Å². The van der Waals surface area contributed by atoms with Crippen LogP contribution < -0.4 is 9.47 Å². The normalized spacial score (nSPS) is 11.3. The first-order valence-corrected chi connectivity index (χ1v) is 13.4. The predicted octanol–water partition coefficient (Wildman–Crippen LogP) is 9.75. The zero-order chi connectivity index (χ0) is 23.0. The SMILES string of the molecule is C=CCCCOc1c(Br)cc(C(C)(C)c2cc(Br)c(OCCCC=C)c(Br)c2)cc1Br. The van der Waals surface area contributed by atoms with Gasteiger partial charge in [0.1, 0.15) is 11.5 Å². The maximum atomic E-state index is 5.97. The number of halogens is 4. The van der Waals surface area contributed by atoms with Crippen LogP contribution in [0, 0.1) is 0 Å². The molecule has 0 radical (unpaired) electrons. The lowest BCUT2D eigenvalue weighted by Gasteiger charge is -2.28. The van der Waals surface area contributed by atoms with Crippen LogP contribution in [-0.2, 0) is 5.41 Å². The molecular weight excluding hydrogens is 652 g/mol. The summed E-state index contributed by atoms with van der Waals surface area (Å²) in [6.07, 6.45) is 7.59. The van der Waals surface area contributed by atoms with Gasteiger partial charge in [-0.2, -0.15) is 0 Å². The second kappa shape index (κ2) is 12.6. The first-order valence-electron chi connectivity index (χ1n) is 10.2. The number of allylic oxidation sites excluding steroid dienone is 2. The Labute approximate surface area is 220 Å². The van der Waals surface area contributed by atoms with Gasteiger partial charge in [0.25, 0.3) is 0 Å². The van der Waals surface area contributed by atoms with Crippen molar-refractivity contribution >= 4 is 63.7 Å². The number of hydrogen-bond acceptors (Lipinski definition) is 2. The summed E-state index contributed by atoms with van der Waals surface area (Å²) in [4.78, 5) is 0. The Hall–Kier alpha value is -0.560. The van der Waals surface area contributed by atoms with Crippen molar-refractivity contribution in [2.75, 3.05) is 13.2 Å². The predicted molar refractivity (Wildman–Crippen MR) is 146 cm³/mol. The molecule has 0 unspecified atom stereocenters. The first kappa shape index (κ1) is 26.7. The molecule has 0 fully saturated rings. The minimum absolute atomic E-state index is 0.237. The highest BCUT2D eigenvalue weighted by Gasteiger charge is 2.27. The summed E-state index contributed by atoms with van der Waals surface area (Å²) in [6.45, 7) is 13.2. The fourth-order valence-corrected chi connectivity index (χ4v) is 5.92. The summed E-state index contributed by atoms with van der Waals surface area (Å²) in [7, 11) is 0. The topological polar surface area (TPSA) is 18.5 Å². The molecule has 2 rings (SSSR count). The standard InChI is InChI=1S/C25H28Br4O2/c1-5-7-9-11-30-23-19(26)13-17(14-20(23)27)25(3,4)18-15-21(28)24(22(29)16-18)31-12-10-8-6-2/h5-6,13-16H,1-2,7-12H2,3-4H3. The Morgan fingerprint density at radius 3 is 1.32 bits per heavy atom.